The van der Waals surface area contributed by atoms with Crippen LogP contribution in [0.3, 0.4) is 0 Å². The zero-order valence-corrected chi connectivity index (χ0v) is 11.8. The zero-order chi connectivity index (χ0) is 13.9. The van der Waals surface area contributed by atoms with Crippen LogP contribution in [0.2, 0.25) is 0 Å². The van der Waals surface area contributed by atoms with Crippen LogP contribution in [-0.4, -0.2) is 45.4 Å². The first-order chi connectivity index (χ1) is 9.26. The van der Waals surface area contributed by atoms with Gasteiger partial charge in [-0.25, -0.2) is 0 Å². The minimum atomic E-state index is 0.658. The van der Waals surface area contributed by atoms with Crippen LogP contribution in [0, 0.1) is 11.3 Å². The number of hydrogen-bond acceptors (Lipinski definition) is 4. The Morgan fingerprint density at radius 2 is 1.74 bits per heavy atom. The number of nitrogens with zero attached hydrogens (tertiary/aromatic N) is 2. The molecule has 0 aliphatic rings. The van der Waals surface area contributed by atoms with Crippen LogP contribution in [0.4, 0.5) is 0 Å². The van der Waals surface area contributed by atoms with Gasteiger partial charge in [-0.1, -0.05) is 0 Å². The van der Waals surface area contributed by atoms with Gasteiger partial charge in [0.25, 0.3) is 0 Å². The summed E-state index contributed by atoms with van der Waals surface area (Å²) in [4.78, 5) is 2.28. The van der Waals surface area contributed by atoms with E-state index in [9.17, 15) is 0 Å². The van der Waals surface area contributed by atoms with Crippen molar-refractivity contribution in [3.8, 4) is 11.8 Å². The molecule has 0 aliphatic carbocycles. The van der Waals surface area contributed by atoms with Crippen LogP contribution in [-0.2, 0) is 4.74 Å². The summed E-state index contributed by atoms with van der Waals surface area (Å²) in [5.41, 5.74) is 0.658. The van der Waals surface area contributed by atoms with Crippen LogP contribution >= 0.6 is 0 Å². The van der Waals surface area contributed by atoms with Gasteiger partial charge < -0.3 is 14.4 Å². The lowest BCUT2D eigenvalue weighted by Gasteiger charge is -2.16. The standard InChI is InChI=1S/C15H22N2O2/c1-17(9-3-11-18-2)10-4-12-19-15-7-5-14(13-16)6-8-15/h5-8H,3-4,9-12H2,1-2H3. The molecule has 104 valence electrons. The van der Waals surface area contributed by atoms with Crippen molar-refractivity contribution in [1.82, 2.24) is 4.90 Å². The molecule has 19 heavy (non-hydrogen) atoms. The van der Waals surface area contributed by atoms with E-state index in [1.165, 1.54) is 0 Å². The molecule has 4 nitrogen and oxygen atoms in total. The minimum Gasteiger partial charge on any atom is -0.494 e. The summed E-state index contributed by atoms with van der Waals surface area (Å²) < 4.78 is 10.6. The molecule has 0 saturated carbocycles. The van der Waals surface area contributed by atoms with Gasteiger partial charge in [-0.2, -0.15) is 5.26 Å². The predicted molar refractivity (Wildman–Crippen MR) is 75.3 cm³/mol. The van der Waals surface area contributed by atoms with Crippen LogP contribution in [0.25, 0.3) is 0 Å². The fourth-order valence-electron chi connectivity index (χ4n) is 1.74. The van der Waals surface area contributed by atoms with E-state index in [2.05, 4.69) is 18.0 Å². The van der Waals surface area contributed by atoms with E-state index in [-0.39, 0.29) is 0 Å². The van der Waals surface area contributed by atoms with E-state index in [4.69, 9.17) is 14.7 Å². The lowest BCUT2D eigenvalue weighted by Crippen LogP contribution is -2.23. The average molecular weight is 262 g/mol. The molecule has 1 aromatic carbocycles. The second-order valence-corrected chi connectivity index (χ2v) is 4.49. The molecule has 0 aliphatic heterocycles. The highest BCUT2D eigenvalue weighted by molar-refractivity contribution is 5.34. The van der Waals surface area contributed by atoms with Crippen molar-refractivity contribution in [2.75, 3.05) is 40.5 Å². The van der Waals surface area contributed by atoms with Crippen molar-refractivity contribution in [3.63, 3.8) is 0 Å². The van der Waals surface area contributed by atoms with Crippen LogP contribution in [0.1, 0.15) is 18.4 Å². The van der Waals surface area contributed by atoms with E-state index < -0.39 is 0 Å². The summed E-state index contributed by atoms with van der Waals surface area (Å²) in [7, 11) is 3.84. The Balaban J connectivity index is 2.11. The van der Waals surface area contributed by atoms with E-state index in [0.717, 1.165) is 38.3 Å². The summed E-state index contributed by atoms with van der Waals surface area (Å²) in [6, 6.07) is 9.30. The summed E-state index contributed by atoms with van der Waals surface area (Å²) in [5.74, 6) is 0.820. The van der Waals surface area contributed by atoms with Crippen molar-refractivity contribution in [1.29, 1.82) is 5.26 Å². The molecule has 0 N–H and O–H groups in total. The molecule has 4 heteroatoms. The van der Waals surface area contributed by atoms with E-state index in [0.29, 0.717) is 12.2 Å². The third-order valence-corrected chi connectivity index (χ3v) is 2.82. The number of ether oxygens (including phenoxy) is 2. The highest BCUT2D eigenvalue weighted by Gasteiger charge is 1.99. The van der Waals surface area contributed by atoms with Gasteiger partial charge in [-0.3, -0.25) is 0 Å². The lowest BCUT2D eigenvalue weighted by atomic mass is 10.2. The lowest BCUT2D eigenvalue weighted by molar-refractivity contribution is 0.176. The molecule has 1 aromatic rings. The third-order valence-electron chi connectivity index (χ3n) is 2.82. The zero-order valence-electron chi connectivity index (χ0n) is 11.8. The molecule has 0 radical (unpaired) electrons. The van der Waals surface area contributed by atoms with Crippen molar-refractivity contribution in [3.05, 3.63) is 29.8 Å². The molecule has 0 bridgehead atoms. The fourth-order valence-corrected chi connectivity index (χ4v) is 1.74. The Kier molecular flexibility index (Phi) is 7.64. The Morgan fingerprint density at radius 3 is 2.32 bits per heavy atom. The predicted octanol–water partition coefficient (Wildman–Crippen LogP) is 2.30. The Morgan fingerprint density at radius 1 is 1.11 bits per heavy atom. The Hall–Kier alpha value is -1.57. The van der Waals surface area contributed by atoms with Crippen molar-refractivity contribution < 1.29 is 9.47 Å². The topological polar surface area (TPSA) is 45.5 Å². The monoisotopic (exact) mass is 262 g/mol. The second kappa shape index (κ2) is 9.37. The number of benzene rings is 1. The first-order valence-corrected chi connectivity index (χ1v) is 6.56. The summed E-state index contributed by atoms with van der Waals surface area (Å²) in [5, 5.41) is 8.69. The van der Waals surface area contributed by atoms with Crippen LogP contribution in [0.5, 0.6) is 5.75 Å². The maximum atomic E-state index is 8.69. The number of hydrogen-bond donors (Lipinski definition) is 0. The van der Waals surface area contributed by atoms with Crippen LogP contribution in [0.15, 0.2) is 24.3 Å². The molecule has 0 amide bonds. The molecule has 0 heterocycles. The summed E-state index contributed by atoms with van der Waals surface area (Å²) in [6.07, 6.45) is 2.05. The van der Waals surface area contributed by atoms with Gasteiger partial charge in [0, 0.05) is 26.8 Å². The van der Waals surface area contributed by atoms with Crippen molar-refractivity contribution in [2.24, 2.45) is 0 Å². The van der Waals surface area contributed by atoms with Gasteiger partial charge in [0.15, 0.2) is 0 Å². The quantitative estimate of drug-likeness (QED) is 0.641. The fraction of sp³-hybridized carbons (Fsp3) is 0.533. The molecule has 0 atom stereocenters. The van der Waals surface area contributed by atoms with Crippen molar-refractivity contribution >= 4 is 0 Å². The minimum absolute atomic E-state index is 0.658. The van der Waals surface area contributed by atoms with Gasteiger partial charge in [-0.05, 0) is 44.2 Å². The molecule has 0 saturated heterocycles. The summed E-state index contributed by atoms with van der Waals surface area (Å²) in [6.45, 7) is 3.57. The first-order valence-electron chi connectivity index (χ1n) is 6.56. The van der Waals surface area contributed by atoms with E-state index in [1.807, 2.05) is 12.1 Å². The highest BCUT2D eigenvalue weighted by Crippen LogP contribution is 2.11. The van der Waals surface area contributed by atoms with Gasteiger partial charge >= 0.3 is 0 Å². The number of nitriles is 1. The smallest absolute Gasteiger partial charge is 0.119 e. The molecule has 0 aromatic heterocycles. The molecular weight excluding hydrogens is 240 g/mol. The normalized spacial score (nSPS) is 10.4. The van der Waals surface area contributed by atoms with Crippen molar-refractivity contribution in [2.45, 2.75) is 12.8 Å². The second-order valence-electron chi connectivity index (χ2n) is 4.49. The molecule has 0 fully saturated rings. The maximum absolute atomic E-state index is 8.69. The van der Waals surface area contributed by atoms with Crippen LogP contribution < -0.4 is 4.74 Å². The van der Waals surface area contributed by atoms with E-state index in [1.54, 1.807) is 19.2 Å². The summed E-state index contributed by atoms with van der Waals surface area (Å²) >= 11 is 0. The molecule has 0 spiro atoms. The first kappa shape index (κ1) is 15.5. The molecule has 1 rings (SSSR count). The SMILES string of the molecule is COCCCN(C)CCCOc1ccc(C#N)cc1. The molecular formula is C15H22N2O2. The molecule has 0 unspecified atom stereocenters. The van der Waals surface area contributed by atoms with Gasteiger partial charge in [0.1, 0.15) is 5.75 Å². The van der Waals surface area contributed by atoms with Gasteiger partial charge in [-0.15, -0.1) is 0 Å². The Bertz CT molecular complexity index is 384. The number of rotatable bonds is 9. The average Bonchev–Trinajstić information content (AvgIpc) is 2.44. The largest absolute Gasteiger partial charge is 0.494 e. The maximum Gasteiger partial charge on any atom is 0.119 e. The number of methoxy groups -OCH3 is 1. The Labute approximate surface area is 115 Å². The highest BCUT2D eigenvalue weighted by atomic mass is 16.5. The van der Waals surface area contributed by atoms with Gasteiger partial charge in [0.2, 0.25) is 0 Å². The van der Waals surface area contributed by atoms with E-state index >= 15 is 0 Å². The van der Waals surface area contributed by atoms with Gasteiger partial charge in [0.05, 0.1) is 18.2 Å². The third kappa shape index (κ3) is 6.80.